The molecule has 1 heterocycles. The third-order valence-corrected chi connectivity index (χ3v) is 6.17. The minimum atomic E-state index is -1.14. The van der Waals surface area contributed by atoms with Gasteiger partial charge in [0.25, 0.3) is 12.1 Å². The standard InChI is InChI=1S/C21H25N3O4/c1-13-9-5-7-11-15(13)17-19(23(25)26)21(3,4)20(24(27)28)18(22-17)16-12-8-6-10-14(16)2/h5-12,17-20,22H,1-4H3/p+1/t17-,18+,19-,20-/m1/s1. The second-order valence-corrected chi connectivity index (χ2v) is 8.24. The van der Waals surface area contributed by atoms with Crippen molar-refractivity contribution < 1.29 is 15.2 Å². The zero-order valence-corrected chi connectivity index (χ0v) is 16.5. The topological polar surface area (TPSA) is 103 Å². The van der Waals surface area contributed by atoms with Gasteiger partial charge < -0.3 is 5.32 Å². The summed E-state index contributed by atoms with van der Waals surface area (Å²) in [5, 5.41) is 26.1. The van der Waals surface area contributed by atoms with Crippen LogP contribution in [0.25, 0.3) is 0 Å². The lowest BCUT2D eigenvalue weighted by molar-refractivity contribution is -0.819. The first-order valence-corrected chi connectivity index (χ1v) is 9.39. The maximum absolute atomic E-state index is 12.1. The molecule has 0 aromatic heterocycles. The highest BCUT2D eigenvalue weighted by atomic mass is 16.6. The van der Waals surface area contributed by atoms with E-state index in [1.165, 1.54) is 0 Å². The summed E-state index contributed by atoms with van der Waals surface area (Å²) in [5.41, 5.74) is 2.49. The minimum absolute atomic E-state index is 0.335. The van der Waals surface area contributed by atoms with Crippen LogP contribution in [0.5, 0.6) is 0 Å². The Morgan fingerprint density at radius 2 is 1.14 bits per heavy atom. The fraction of sp³-hybridized carbons (Fsp3) is 0.429. The molecule has 1 aliphatic heterocycles. The lowest BCUT2D eigenvalue weighted by atomic mass is 9.66. The molecule has 0 unspecified atom stereocenters. The summed E-state index contributed by atoms with van der Waals surface area (Å²) in [5.74, 6) is 0. The van der Waals surface area contributed by atoms with E-state index in [-0.39, 0.29) is 9.85 Å². The van der Waals surface area contributed by atoms with Gasteiger partial charge in [-0.25, -0.2) is 0 Å². The predicted molar refractivity (Wildman–Crippen MR) is 105 cm³/mol. The Morgan fingerprint density at radius 3 is 1.46 bits per heavy atom. The second kappa shape index (κ2) is 7.31. The van der Waals surface area contributed by atoms with Crippen molar-refractivity contribution in [1.82, 2.24) is 0 Å². The largest absolute Gasteiger partial charge is 0.322 e. The molecule has 0 spiro atoms. The molecular weight excluding hydrogens is 358 g/mol. The van der Waals surface area contributed by atoms with Crippen molar-refractivity contribution in [3.8, 4) is 0 Å². The van der Waals surface area contributed by atoms with Crippen LogP contribution in [0.2, 0.25) is 0 Å². The van der Waals surface area contributed by atoms with Gasteiger partial charge in [-0.3, -0.25) is 20.2 Å². The van der Waals surface area contributed by atoms with Crippen LogP contribution in [0.4, 0.5) is 0 Å². The Balaban J connectivity index is 2.21. The van der Waals surface area contributed by atoms with Crippen molar-refractivity contribution in [3.63, 3.8) is 0 Å². The zero-order valence-electron chi connectivity index (χ0n) is 16.5. The van der Waals surface area contributed by atoms with Crippen molar-refractivity contribution in [2.45, 2.75) is 51.9 Å². The molecule has 2 aromatic carbocycles. The van der Waals surface area contributed by atoms with Crippen LogP contribution in [0, 0.1) is 39.5 Å². The van der Waals surface area contributed by atoms with Gasteiger partial charge in [-0.05, 0) is 38.8 Å². The number of piperidine rings is 1. The smallest absolute Gasteiger partial charge is 0.279 e. The van der Waals surface area contributed by atoms with Gasteiger partial charge in [0.15, 0.2) is 12.1 Å². The van der Waals surface area contributed by atoms with E-state index in [9.17, 15) is 20.2 Å². The van der Waals surface area contributed by atoms with Crippen LogP contribution >= 0.6 is 0 Å². The first-order valence-electron chi connectivity index (χ1n) is 9.39. The molecule has 7 heteroatoms. The Bertz CT molecular complexity index is 841. The lowest BCUT2D eigenvalue weighted by Crippen LogP contribution is -2.96. The first-order chi connectivity index (χ1) is 13.2. The van der Waals surface area contributed by atoms with Gasteiger partial charge in [0.05, 0.1) is 0 Å². The first kappa shape index (κ1) is 19.9. The zero-order chi connectivity index (χ0) is 20.6. The quantitative estimate of drug-likeness (QED) is 0.646. The Hall–Kier alpha value is -2.80. The van der Waals surface area contributed by atoms with Crippen LogP contribution in [0.3, 0.4) is 0 Å². The van der Waals surface area contributed by atoms with Gasteiger partial charge >= 0.3 is 0 Å². The lowest BCUT2D eigenvalue weighted by Gasteiger charge is -2.42. The number of hydrogen-bond acceptors (Lipinski definition) is 4. The fourth-order valence-electron chi connectivity index (χ4n) is 4.81. The number of rotatable bonds is 4. The van der Waals surface area contributed by atoms with Crippen LogP contribution < -0.4 is 5.32 Å². The van der Waals surface area contributed by atoms with Crippen LogP contribution in [0.1, 0.15) is 48.2 Å². The highest BCUT2D eigenvalue weighted by molar-refractivity contribution is 5.32. The van der Waals surface area contributed by atoms with Gasteiger partial charge in [-0.1, -0.05) is 48.5 Å². The summed E-state index contributed by atoms with van der Waals surface area (Å²) < 4.78 is 0. The Labute approximate surface area is 164 Å². The molecule has 148 valence electrons. The van der Waals surface area contributed by atoms with Crippen LogP contribution in [-0.4, -0.2) is 21.9 Å². The van der Waals surface area contributed by atoms with Crippen molar-refractivity contribution in [2.24, 2.45) is 5.41 Å². The highest BCUT2D eigenvalue weighted by Gasteiger charge is 2.66. The molecule has 4 atom stereocenters. The molecule has 0 radical (unpaired) electrons. The number of nitrogens with zero attached hydrogens (tertiary/aromatic N) is 2. The molecule has 0 saturated carbocycles. The van der Waals surface area contributed by atoms with Crippen molar-refractivity contribution >= 4 is 0 Å². The van der Waals surface area contributed by atoms with Gasteiger partial charge in [-0.15, -0.1) is 0 Å². The maximum Gasteiger partial charge on any atom is 0.279 e. The van der Waals surface area contributed by atoms with Gasteiger partial charge in [0.2, 0.25) is 0 Å². The van der Waals surface area contributed by atoms with Crippen LogP contribution in [0.15, 0.2) is 48.5 Å². The molecular formula is C21H26N3O4+. The molecule has 1 aliphatic rings. The normalized spacial score (nSPS) is 26.6. The van der Waals surface area contributed by atoms with Gasteiger partial charge in [0, 0.05) is 21.0 Å². The van der Waals surface area contributed by atoms with Gasteiger partial charge in [-0.2, -0.15) is 0 Å². The number of nitro groups is 2. The summed E-state index contributed by atoms with van der Waals surface area (Å²) >= 11 is 0. The summed E-state index contributed by atoms with van der Waals surface area (Å²) in [6.45, 7) is 7.18. The Kier molecular flexibility index (Phi) is 5.21. The third-order valence-electron chi connectivity index (χ3n) is 6.17. The van der Waals surface area contributed by atoms with E-state index in [0.717, 1.165) is 22.3 Å². The molecule has 7 nitrogen and oxygen atoms in total. The average Bonchev–Trinajstić information content (AvgIpc) is 2.60. The van der Waals surface area contributed by atoms with E-state index >= 15 is 0 Å². The molecule has 2 aromatic rings. The molecule has 2 N–H and O–H groups in total. The molecule has 28 heavy (non-hydrogen) atoms. The molecule has 0 bridgehead atoms. The maximum atomic E-state index is 12.1. The number of hydrogen-bond donors (Lipinski definition) is 1. The van der Waals surface area contributed by atoms with Crippen molar-refractivity contribution in [1.29, 1.82) is 0 Å². The van der Waals surface area contributed by atoms with E-state index in [2.05, 4.69) is 0 Å². The predicted octanol–water partition coefficient (Wildman–Crippen LogP) is 2.98. The second-order valence-electron chi connectivity index (χ2n) is 8.24. The SMILES string of the molecule is Cc1ccccc1[C@H]1[NH2+][C@@H](c2ccccc2C)[C@@H]([N+](=O)[O-])C(C)(C)[C@@H]1[N+](=O)[O-]. The van der Waals surface area contributed by atoms with E-state index in [0.29, 0.717) is 0 Å². The highest BCUT2D eigenvalue weighted by Crippen LogP contribution is 2.43. The Morgan fingerprint density at radius 1 is 0.786 bits per heavy atom. The third kappa shape index (κ3) is 3.26. The summed E-state index contributed by atoms with van der Waals surface area (Å²) in [6, 6.07) is 12.0. The van der Waals surface area contributed by atoms with E-state index in [4.69, 9.17) is 0 Å². The fourth-order valence-corrected chi connectivity index (χ4v) is 4.81. The average molecular weight is 384 g/mol. The molecule has 0 aliphatic carbocycles. The molecule has 3 rings (SSSR count). The number of aryl methyl sites for hydroxylation is 2. The number of benzene rings is 2. The van der Waals surface area contributed by atoms with Crippen molar-refractivity contribution in [3.05, 3.63) is 91.0 Å². The van der Waals surface area contributed by atoms with E-state index in [1.54, 1.807) is 13.8 Å². The summed E-state index contributed by atoms with van der Waals surface area (Å²) in [4.78, 5) is 23.5. The number of nitrogens with two attached hydrogens (primary N) is 1. The minimum Gasteiger partial charge on any atom is -0.322 e. The van der Waals surface area contributed by atoms with Crippen LogP contribution in [-0.2, 0) is 0 Å². The number of quaternary nitrogens is 1. The van der Waals surface area contributed by atoms with E-state index in [1.807, 2.05) is 67.7 Å². The monoisotopic (exact) mass is 384 g/mol. The summed E-state index contributed by atoms with van der Waals surface area (Å²) in [6.07, 6.45) is 0. The molecule has 1 saturated heterocycles. The molecule has 0 amide bonds. The summed E-state index contributed by atoms with van der Waals surface area (Å²) in [7, 11) is 0. The molecule has 1 fully saturated rings. The van der Waals surface area contributed by atoms with Gasteiger partial charge in [0.1, 0.15) is 5.41 Å². The van der Waals surface area contributed by atoms with E-state index < -0.39 is 29.6 Å². The van der Waals surface area contributed by atoms with Crippen molar-refractivity contribution in [2.75, 3.05) is 0 Å².